The molecular weight excluding hydrogens is 346 g/mol. The molecule has 1 N–H and O–H groups in total. The minimum Gasteiger partial charge on any atom is -0.365 e. The third kappa shape index (κ3) is 3.97. The first-order valence-corrected chi connectivity index (χ1v) is 8.95. The van der Waals surface area contributed by atoms with E-state index in [-0.39, 0.29) is 11.6 Å². The van der Waals surface area contributed by atoms with Gasteiger partial charge < -0.3 is 20.0 Å². The second-order valence-corrected chi connectivity index (χ2v) is 6.51. The minimum atomic E-state index is 0.00546. The van der Waals surface area contributed by atoms with Crippen molar-refractivity contribution in [2.75, 3.05) is 51.1 Å². The van der Waals surface area contributed by atoms with Gasteiger partial charge in [-0.05, 0) is 0 Å². The maximum absolute atomic E-state index is 12.4. The van der Waals surface area contributed by atoms with Gasteiger partial charge in [0.2, 0.25) is 17.5 Å². The first kappa shape index (κ1) is 17.2. The van der Waals surface area contributed by atoms with Gasteiger partial charge in [-0.15, -0.1) is 6.58 Å². The van der Waals surface area contributed by atoms with Crippen LogP contribution in [0.1, 0.15) is 0 Å². The summed E-state index contributed by atoms with van der Waals surface area (Å²) in [4.78, 5) is 41.8. The molecule has 0 radical (unpaired) electrons. The summed E-state index contributed by atoms with van der Waals surface area (Å²) in [5, 5.41) is 2.91. The van der Waals surface area contributed by atoms with E-state index in [4.69, 9.17) is 0 Å². The molecule has 9 nitrogen and oxygen atoms in total. The van der Waals surface area contributed by atoms with Crippen molar-refractivity contribution >= 4 is 17.5 Å². The van der Waals surface area contributed by atoms with Gasteiger partial charge in [-0.3, -0.25) is 9.59 Å². The number of hydrogen-bond donors (Lipinski definition) is 1. The van der Waals surface area contributed by atoms with Crippen molar-refractivity contribution in [3.05, 3.63) is 48.5 Å². The van der Waals surface area contributed by atoms with Crippen LogP contribution in [0.4, 0.5) is 5.95 Å². The van der Waals surface area contributed by atoms with Crippen LogP contribution in [0.2, 0.25) is 0 Å². The van der Waals surface area contributed by atoms with E-state index >= 15 is 0 Å². The zero-order valence-corrected chi connectivity index (χ0v) is 15.0. The fraction of sp³-hybridized carbons (Fsp3) is 0.389. The lowest BCUT2D eigenvalue weighted by Crippen LogP contribution is -2.29. The van der Waals surface area contributed by atoms with Crippen LogP contribution in [0.15, 0.2) is 48.5 Å². The summed E-state index contributed by atoms with van der Waals surface area (Å²) in [5.41, 5.74) is 1.89. The Balaban J connectivity index is 0.000000155. The highest BCUT2D eigenvalue weighted by molar-refractivity contribution is 6.22. The van der Waals surface area contributed by atoms with E-state index in [0.29, 0.717) is 29.6 Å². The normalized spacial score (nSPS) is 20.0. The van der Waals surface area contributed by atoms with E-state index in [2.05, 4.69) is 26.8 Å². The fourth-order valence-corrected chi connectivity index (χ4v) is 2.77. The zero-order chi connectivity index (χ0) is 18.8. The maximum atomic E-state index is 12.4. The molecule has 0 bridgehead atoms. The molecule has 0 atom stereocenters. The van der Waals surface area contributed by atoms with Gasteiger partial charge in [0.05, 0.1) is 5.70 Å². The summed E-state index contributed by atoms with van der Waals surface area (Å²) in [6.45, 7) is 9.62. The highest BCUT2D eigenvalue weighted by Gasteiger charge is 2.43. The summed E-state index contributed by atoms with van der Waals surface area (Å²) < 4.78 is 0. The highest BCUT2D eigenvalue weighted by atomic mass is 16.1. The van der Waals surface area contributed by atoms with Crippen LogP contribution >= 0.6 is 0 Å². The van der Waals surface area contributed by atoms with Crippen LogP contribution in [0, 0.1) is 0 Å². The van der Waals surface area contributed by atoms with Crippen LogP contribution in [-0.4, -0.2) is 87.0 Å². The highest BCUT2D eigenvalue weighted by Crippen LogP contribution is 2.33. The third-order valence-corrected chi connectivity index (χ3v) is 4.39. The van der Waals surface area contributed by atoms with Gasteiger partial charge in [-0.25, -0.2) is 15.0 Å². The van der Waals surface area contributed by atoms with Gasteiger partial charge in [0.15, 0.2) is 0 Å². The van der Waals surface area contributed by atoms with Gasteiger partial charge >= 0.3 is 0 Å². The van der Waals surface area contributed by atoms with Crippen molar-refractivity contribution in [1.82, 2.24) is 29.7 Å². The Labute approximate surface area is 157 Å². The SMILES string of the molecule is C=CCNc1ncncn1.O=C1C=C(N2CC2)C(=O)C(N2CC2)=C1N1CC1. The van der Waals surface area contributed by atoms with E-state index in [9.17, 15) is 9.59 Å². The maximum Gasteiger partial charge on any atom is 0.227 e. The Kier molecular flexibility index (Phi) is 4.57. The van der Waals surface area contributed by atoms with Crippen LogP contribution in [0.25, 0.3) is 0 Å². The molecule has 5 rings (SSSR count). The lowest BCUT2D eigenvalue weighted by atomic mass is 10.0. The number of Topliss-reactive ketones (excluding diaryl/α,β-unsaturated/α-hetero) is 1. The number of nitrogens with zero attached hydrogens (tertiary/aromatic N) is 6. The molecule has 3 saturated heterocycles. The molecule has 0 amide bonds. The van der Waals surface area contributed by atoms with Crippen molar-refractivity contribution in [3.8, 4) is 0 Å². The number of rotatable bonds is 6. The number of anilines is 1. The second kappa shape index (κ2) is 7.18. The number of carbonyl (C=O) groups excluding carboxylic acids is 2. The van der Waals surface area contributed by atoms with E-state index in [0.717, 1.165) is 39.3 Å². The van der Waals surface area contributed by atoms with Crippen LogP contribution < -0.4 is 5.32 Å². The summed E-state index contributed by atoms with van der Waals surface area (Å²) in [7, 11) is 0. The zero-order valence-electron chi connectivity index (χ0n) is 15.0. The van der Waals surface area contributed by atoms with E-state index in [1.165, 1.54) is 18.7 Å². The van der Waals surface area contributed by atoms with E-state index in [1.807, 2.05) is 14.7 Å². The molecule has 0 aromatic carbocycles. The van der Waals surface area contributed by atoms with Gasteiger partial charge in [0.25, 0.3) is 0 Å². The van der Waals surface area contributed by atoms with Crippen LogP contribution in [-0.2, 0) is 9.59 Å². The van der Waals surface area contributed by atoms with Crippen molar-refractivity contribution in [1.29, 1.82) is 0 Å². The molecule has 140 valence electrons. The molecule has 3 fully saturated rings. The number of allylic oxidation sites excluding steroid dienone is 1. The summed E-state index contributed by atoms with van der Waals surface area (Å²) >= 11 is 0. The van der Waals surface area contributed by atoms with E-state index in [1.54, 1.807) is 6.08 Å². The first-order valence-electron chi connectivity index (χ1n) is 8.95. The van der Waals surface area contributed by atoms with Crippen molar-refractivity contribution < 1.29 is 9.59 Å². The molecule has 27 heavy (non-hydrogen) atoms. The van der Waals surface area contributed by atoms with Crippen molar-refractivity contribution in [3.63, 3.8) is 0 Å². The molecule has 1 aliphatic carbocycles. The van der Waals surface area contributed by atoms with Crippen molar-refractivity contribution in [2.45, 2.75) is 0 Å². The second-order valence-electron chi connectivity index (χ2n) is 6.51. The Bertz CT molecular complexity index is 821. The number of nitrogens with one attached hydrogen (secondary N) is 1. The summed E-state index contributed by atoms with van der Waals surface area (Å²) in [6.07, 6.45) is 6.15. The Morgan fingerprint density at radius 1 is 0.963 bits per heavy atom. The van der Waals surface area contributed by atoms with Crippen LogP contribution in [0.5, 0.6) is 0 Å². The average Bonchev–Trinajstić information content (AvgIpc) is 3.53. The topological polar surface area (TPSA) is 93.9 Å². The van der Waals surface area contributed by atoms with E-state index < -0.39 is 0 Å². The Morgan fingerprint density at radius 2 is 1.56 bits per heavy atom. The lowest BCUT2D eigenvalue weighted by Gasteiger charge is -2.21. The molecule has 3 aliphatic heterocycles. The molecule has 0 saturated carbocycles. The standard InChI is InChI=1S/C12H13N3O2.C6H8N4/c16-9-7-8(13-1-2-13)12(17)11(15-5-6-15)10(9)14-3-4-14;1-2-3-8-6-9-4-7-5-10-6/h7H,1-6H2;2,4-5H,1,3H2,(H,7,8,9,10). The molecular formula is C18H21N7O2. The number of aromatic nitrogens is 3. The average molecular weight is 367 g/mol. The van der Waals surface area contributed by atoms with Gasteiger partial charge in [-0.2, -0.15) is 0 Å². The number of carbonyl (C=O) groups is 2. The predicted molar refractivity (Wildman–Crippen MR) is 98.4 cm³/mol. The van der Waals surface area contributed by atoms with Crippen LogP contribution in [0.3, 0.4) is 0 Å². The largest absolute Gasteiger partial charge is 0.365 e. The molecule has 0 unspecified atom stereocenters. The minimum absolute atomic E-state index is 0.00546. The van der Waals surface area contributed by atoms with Crippen molar-refractivity contribution in [2.24, 2.45) is 0 Å². The smallest absolute Gasteiger partial charge is 0.227 e. The predicted octanol–water partition coefficient (Wildman–Crippen LogP) is -0.350. The molecule has 1 aromatic rings. The molecule has 9 heteroatoms. The quantitative estimate of drug-likeness (QED) is 0.411. The molecule has 4 aliphatic rings. The lowest BCUT2D eigenvalue weighted by molar-refractivity contribution is -0.117. The van der Waals surface area contributed by atoms with Gasteiger partial charge in [0, 0.05) is 51.9 Å². The Hall–Kier alpha value is -3.23. The summed E-state index contributed by atoms with van der Waals surface area (Å²) in [5.74, 6) is 0.627. The number of ketones is 2. The third-order valence-electron chi connectivity index (χ3n) is 4.39. The fourth-order valence-electron chi connectivity index (χ4n) is 2.77. The molecule has 1 aromatic heterocycles. The molecule has 0 spiro atoms. The van der Waals surface area contributed by atoms with Gasteiger partial charge in [0.1, 0.15) is 24.0 Å². The Morgan fingerprint density at radius 3 is 2.11 bits per heavy atom. The van der Waals surface area contributed by atoms with Gasteiger partial charge in [-0.1, -0.05) is 6.08 Å². The number of hydrogen-bond acceptors (Lipinski definition) is 9. The molecule has 4 heterocycles. The summed E-state index contributed by atoms with van der Waals surface area (Å²) in [6, 6.07) is 0. The first-order chi connectivity index (χ1) is 13.2. The monoisotopic (exact) mass is 367 g/mol.